The molecule has 1 saturated heterocycles. The molecule has 0 aromatic rings. The van der Waals surface area contributed by atoms with Gasteiger partial charge in [0.15, 0.2) is 0 Å². The first-order chi connectivity index (χ1) is 4.85. The third kappa shape index (κ3) is 1.67. The Hall–Kier alpha value is 0.177. The SMILES string of the molecule is C[C@@H]1CNC(C)([Si](C)(C)C)C1. The zero-order chi connectivity index (χ0) is 8.70. The fraction of sp³-hybridized carbons (Fsp3) is 1.00. The molecule has 1 fully saturated rings. The summed E-state index contributed by atoms with van der Waals surface area (Å²) in [4.78, 5) is 0. The zero-order valence-corrected chi connectivity index (χ0v) is 9.49. The van der Waals surface area contributed by atoms with E-state index < -0.39 is 8.07 Å². The van der Waals surface area contributed by atoms with E-state index in [9.17, 15) is 0 Å². The van der Waals surface area contributed by atoms with Crippen LogP contribution in [0.5, 0.6) is 0 Å². The average molecular weight is 171 g/mol. The maximum Gasteiger partial charge on any atom is 0.0671 e. The summed E-state index contributed by atoms with van der Waals surface area (Å²) in [6, 6.07) is 0. The third-order valence-corrected chi connectivity index (χ3v) is 6.94. The van der Waals surface area contributed by atoms with Crippen LogP contribution in [0.25, 0.3) is 0 Å². The van der Waals surface area contributed by atoms with Gasteiger partial charge in [-0.25, -0.2) is 0 Å². The molecule has 1 heterocycles. The number of nitrogens with one attached hydrogen (secondary N) is 1. The van der Waals surface area contributed by atoms with Gasteiger partial charge in [-0.05, 0) is 25.8 Å². The van der Waals surface area contributed by atoms with Crippen molar-refractivity contribution in [3.63, 3.8) is 0 Å². The minimum absolute atomic E-state index is 0.492. The fourth-order valence-electron chi connectivity index (χ4n) is 1.81. The molecule has 0 spiro atoms. The first-order valence-corrected chi connectivity index (χ1v) is 8.10. The monoisotopic (exact) mass is 171 g/mol. The first kappa shape index (κ1) is 9.27. The molecule has 66 valence electrons. The minimum atomic E-state index is -1.00. The van der Waals surface area contributed by atoms with Gasteiger partial charge < -0.3 is 5.32 Å². The molecule has 2 heteroatoms. The predicted molar refractivity (Wildman–Crippen MR) is 53.5 cm³/mol. The molecule has 1 nitrogen and oxygen atoms in total. The van der Waals surface area contributed by atoms with Gasteiger partial charge >= 0.3 is 0 Å². The second-order valence-electron chi connectivity index (χ2n) is 5.27. The van der Waals surface area contributed by atoms with E-state index in [0.29, 0.717) is 5.16 Å². The highest BCUT2D eigenvalue weighted by Gasteiger charge is 2.43. The van der Waals surface area contributed by atoms with Crippen LogP contribution in [0, 0.1) is 5.92 Å². The van der Waals surface area contributed by atoms with Crippen LogP contribution in [0.4, 0.5) is 0 Å². The summed E-state index contributed by atoms with van der Waals surface area (Å²) in [6.07, 6.45) is 1.38. The van der Waals surface area contributed by atoms with Gasteiger partial charge in [-0.15, -0.1) is 0 Å². The normalized spacial score (nSPS) is 39.5. The van der Waals surface area contributed by atoms with E-state index >= 15 is 0 Å². The third-order valence-electron chi connectivity index (χ3n) is 3.25. The molecule has 1 N–H and O–H groups in total. The van der Waals surface area contributed by atoms with Gasteiger partial charge in [0.25, 0.3) is 0 Å². The number of hydrogen-bond donors (Lipinski definition) is 1. The highest BCUT2D eigenvalue weighted by molar-refractivity contribution is 6.79. The van der Waals surface area contributed by atoms with Crippen LogP contribution in [0.3, 0.4) is 0 Å². The Bertz CT molecular complexity index is 150. The maximum absolute atomic E-state index is 3.68. The van der Waals surface area contributed by atoms with Crippen LogP contribution in [0.2, 0.25) is 19.6 Å². The Labute approximate surface area is 71.6 Å². The van der Waals surface area contributed by atoms with E-state index in [1.54, 1.807) is 0 Å². The Morgan fingerprint density at radius 1 is 1.36 bits per heavy atom. The van der Waals surface area contributed by atoms with E-state index in [1.165, 1.54) is 13.0 Å². The molecule has 1 rings (SSSR count). The lowest BCUT2D eigenvalue weighted by molar-refractivity contribution is 0.541. The lowest BCUT2D eigenvalue weighted by atomic mass is 10.1. The molecule has 1 aliphatic rings. The van der Waals surface area contributed by atoms with Gasteiger partial charge in [-0.3, -0.25) is 0 Å². The molecular formula is C9H21NSi. The summed E-state index contributed by atoms with van der Waals surface area (Å²) < 4.78 is 0. The Balaban J connectivity index is 2.69. The Morgan fingerprint density at radius 3 is 2.09 bits per heavy atom. The number of rotatable bonds is 1. The molecule has 0 aromatic heterocycles. The molecule has 0 saturated carbocycles. The summed E-state index contributed by atoms with van der Waals surface area (Å²) in [6.45, 7) is 13.3. The molecule has 2 atom stereocenters. The van der Waals surface area contributed by atoms with Crippen molar-refractivity contribution in [2.24, 2.45) is 5.92 Å². The number of hydrogen-bond acceptors (Lipinski definition) is 1. The highest BCUT2D eigenvalue weighted by Crippen LogP contribution is 2.31. The molecule has 11 heavy (non-hydrogen) atoms. The van der Waals surface area contributed by atoms with Gasteiger partial charge in [0.05, 0.1) is 8.07 Å². The van der Waals surface area contributed by atoms with Gasteiger partial charge in [0.2, 0.25) is 0 Å². The second-order valence-corrected chi connectivity index (χ2v) is 10.9. The average Bonchev–Trinajstić information content (AvgIpc) is 2.10. The van der Waals surface area contributed by atoms with Crippen molar-refractivity contribution in [3.05, 3.63) is 0 Å². The zero-order valence-electron chi connectivity index (χ0n) is 8.49. The van der Waals surface area contributed by atoms with Crippen molar-refractivity contribution in [3.8, 4) is 0 Å². The predicted octanol–water partition coefficient (Wildman–Crippen LogP) is 2.25. The van der Waals surface area contributed by atoms with E-state index in [0.717, 1.165) is 5.92 Å². The van der Waals surface area contributed by atoms with Crippen LogP contribution in [0.15, 0.2) is 0 Å². The fourth-order valence-corrected chi connectivity index (χ4v) is 3.41. The van der Waals surface area contributed by atoms with Crippen molar-refractivity contribution in [1.82, 2.24) is 5.32 Å². The van der Waals surface area contributed by atoms with Gasteiger partial charge in [-0.1, -0.05) is 26.6 Å². The van der Waals surface area contributed by atoms with Crippen LogP contribution in [-0.2, 0) is 0 Å². The van der Waals surface area contributed by atoms with E-state index in [2.05, 4.69) is 38.8 Å². The van der Waals surface area contributed by atoms with Gasteiger partial charge in [0.1, 0.15) is 0 Å². The Morgan fingerprint density at radius 2 is 1.91 bits per heavy atom. The van der Waals surface area contributed by atoms with Crippen LogP contribution >= 0.6 is 0 Å². The van der Waals surface area contributed by atoms with E-state index in [4.69, 9.17) is 0 Å². The van der Waals surface area contributed by atoms with Crippen molar-refractivity contribution in [2.45, 2.75) is 45.1 Å². The van der Waals surface area contributed by atoms with E-state index in [1.807, 2.05) is 0 Å². The van der Waals surface area contributed by atoms with Crippen molar-refractivity contribution >= 4 is 8.07 Å². The van der Waals surface area contributed by atoms with Crippen LogP contribution < -0.4 is 5.32 Å². The van der Waals surface area contributed by atoms with Crippen molar-refractivity contribution < 1.29 is 0 Å². The molecular weight excluding hydrogens is 150 g/mol. The summed E-state index contributed by atoms with van der Waals surface area (Å²) in [5, 5.41) is 4.18. The van der Waals surface area contributed by atoms with Crippen LogP contribution in [0.1, 0.15) is 20.3 Å². The standard InChI is InChI=1S/C9H21NSi/c1-8-6-9(2,10-7-8)11(3,4)5/h8,10H,6-7H2,1-5H3/t8-,9?/m0/s1. The van der Waals surface area contributed by atoms with Gasteiger partial charge in [-0.2, -0.15) is 0 Å². The van der Waals surface area contributed by atoms with Crippen molar-refractivity contribution in [2.75, 3.05) is 6.54 Å². The topological polar surface area (TPSA) is 12.0 Å². The smallest absolute Gasteiger partial charge is 0.0671 e. The molecule has 0 bridgehead atoms. The lowest BCUT2D eigenvalue weighted by Crippen LogP contribution is -2.56. The van der Waals surface area contributed by atoms with Gasteiger partial charge in [0, 0.05) is 5.16 Å². The van der Waals surface area contributed by atoms with E-state index in [-0.39, 0.29) is 0 Å². The molecule has 0 amide bonds. The summed E-state index contributed by atoms with van der Waals surface area (Å²) in [5.74, 6) is 0.881. The van der Waals surface area contributed by atoms with Crippen molar-refractivity contribution in [1.29, 1.82) is 0 Å². The summed E-state index contributed by atoms with van der Waals surface area (Å²) >= 11 is 0. The quantitative estimate of drug-likeness (QED) is 0.597. The first-order valence-electron chi connectivity index (χ1n) is 4.60. The lowest BCUT2D eigenvalue weighted by Gasteiger charge is -2.37. The Kier molecular flexibility index (Phi) is 2.19. The maximum atomic E-state index is 3.68. The molecule has 0 aliphatic carbocycles. The molecule has 1 unspecified atom stereocenters. The largest absolute Gasteiger partial charge is 0.314 e. The molecule has 1 aliphatic heterocycles. The molecule has 0 radical (unpaired) electrons. The molecule has 0 aromatic carbocycles. The summed E-state index contributed by atoms with van der Waals surface area (Å²) in [7, 11) is -1.00. The van der Waals surface area contributed by atoms with Crippen LogP contribution in [-0.4, -0.2) is 19.8 Å². The summed E-state index contributed by atoms with van der Waals surface area (Å²) in [5.41, 5.74) is 0. The minimum Gasteiger partial charge on any atom is -0.314 e. The highest BCUT2D eigenvalue weighted by atomic mass is 28.3. The second kappa shape index (κ2) is 2.59.